The number of pyridine rings is 1. The predicted octanol–water partition coefficient (Wildman–Crippen LogP) is 4.59. The number of fused-ring (bicyclic) bond motifs is 2. The molecule has 5 rings (SSSR count). The van der Waals surface area contributed by atoms with Crippen molar-refractivity contribution < 1.29 is 0 Å². The van der Waals surface area contributed by atoms with Crippen molar-refractivity contribution in [2.75, 3.05) is 18.4 Å². The maximum Gasteiger partial charge on any atom is 0.261 e. The lowest BCUT2D eigenvalue weighted by atomic mass is 10.0. The van der Waals surface area contributed by atoms with Gasteiger partial charge in [0.1, 0.15) is 11.4 Å². The van der Waals surface area contributed by atoms with Crippen molar-refractivity contribution in [3.8, 4) is 11.4 Å². The fraction of sp³-hybridized carbons (Fsp3) is 0.304. The molecule has 0 amide bonds. The molecule has 1 aliphatic rings. The van der Waals surface area contributed by atoms with Gasteiger partial charge in [-0.15, -0.1) is 0 Å². The maximum atomic E-state index is 13.1. The van der Waals surface area contributed by atoms with Crippen LogP contribution in [0.5, 0.6) is 0 Å². The normalized spacial score (nSPS) is 16.9. The number of halogens is 1. The molecule has 0 radical (unpaired) electrons. The van der Waals surface area contributed by atoms with Crippen LogP contribution in [0.25, 0.3) is 33.3 Å². The fourth-order valence-corrected chi connectivity index (χ4v) is 4.40. The zero-order valence-electron chi connectivity index (χ0n) is 16.8. The first-order valence-corrected chi connectivity index (χ1v) is 10.8. The summed E-state index contributed by atoms with van der Waals surface area (Å²) in [5.74, 6) is 0.538. The minimum Gasteiger partial charge on any atom is -0.382 e. The number of aromatic nitrogens is 3. The molecule has 1 unspecified atom stereocenters. The van der Waals surface area contributed by atoms with Crippen LogP contribution in [0.3, 0.4) is 0 Å². The Morgan fingerprint density at radius 1 is 1.13 bits per heavy atom. The molecule has 0 aliphatic carbocycles. The summed E-state index contributed by atoms with van der Waals surface area (Å²) in [4.78, 5) is 24.1. The molecule has 4 N–H and O–H groups in total. The van der Waals surface area contributed by atoms with E-state index < -0.39 is 0 Å². The molecule has 0 saturated carbocycles. The van der Waals surface area contributed by atoms with Gasteiger partial charge in [-0.05, 0) is 56.6 Å². The lowest BCUT2D eigenvalue weighted by Gasteiger charge is -2.25. The molecule has 7 heteroatoms. The lowest BCUT2D eigenvalue weighted by molar-refractivity contribution is 0.414. The Bertz CT molecular complexity index is 1290. The van der Waals surface area contributed by atoms with E-state index in [0.29, 0.717) is 22.5 Å². The van der Waals surface area contributed by atoms with E-state index >= 15 is 0 Å². The number of aryl methyl sites for hydroxylation is 1. The number of rotatable bonds is 4. The number of nitrogens with zero attached hydrogens (tertiary/aromatic N) is 1. The van der Waals surface area contributed by atoms with Crippen molar-refractivity contribution in [1.82, 2.24) is 20.3 Å². The minimum atomic E-state index is -0.171. The first-order chi connectivity index (χ1) is 14.6. The van der Waals surface area contributed by atoms with Gasteiger partial charge in [0.05, 0.1) is 22.2 Å². The summed E-state index contributed by atoms with van der Waals surface area (Å²) in [6, 6.07) is 12.0. The molecule has 1 atom stereocenters. The second kappa shape index (κ2) is 7.78. The fourth-order valence-electron chi connectivity index (χ4n) is 4.24. The largest absolute Gasteiger partial charge is 0.382 e. The highest BCUT2D eigenvalue weighted by molar-refractivity contribution is 6.31. The number of H-pyrrole nitrogens is 2. The third kappa shape index (κ3) is 3.57. The number of anilines is 1. The van der Waals surface area contributed by atoms with Gasteiger partial charge in [-0.2, -0.15) is 0 Å². The van der Waals surface area contributed by atoms with E-state index in [1.54, 1.807) is 6.07 Å². The topological polar surface area (TPSA) is 85.6 Å². The van der Waals surface area contributed by atoms with Crippen LogP contribution in [-0.2, 0) is 0 Å². The molecular weight excluding hydrogens is 398 g/mol. The van der Waals surface area contributed by atoms with Gasteiger partial charge in [-0.3, -0.25) is 4.79 Å². The van der Waals surface area contributed by atoms with Crippen LogP contribution in [0.15, 0.2) is 41.2 Å². The van der Waals surface area contributed by atoms with Gasteiger partial charge < -0.3 is 20.6 Å². The summed E-state index contributed by atoms with van der Waals surface area (Å²) >= 11 is 6.13. The van der Waals surface area contributed by atoms with Crippen molar-refractivity contribution in [2.24, 2.45) is 0 Å². The molecular formula is C23H24ClN5O. The summed E-state index contributed by atoms with van der Waals surface area (Å²) in [5, 5.41) is 8.74. The molecule has 2 aromatic heterocycles. The van der Waals surface area contributed by atoms with E-state index in [2.05, 4.69) is 38.6 Å². The Morgan fingerprint density at radius 3 is 2.83 bits per heavy atom. The third-order valence-electron chi connectivity index (χ3n) is 5.79. The van der Waals surface area contributed by atoms with E-state index in [-0.39, 0.29) is 5.56 Å². The smallest absolute Gasteiger partial charge is 0.261 e. The molecule has 0 bridgehead atoms. The summed E-state index contributed by atoms with van der Waals surface area (Å²) in [6.45, 7) is 3.85. The van der Waals surface area contributed by atoms with E-state index in [1.807, 2.05) is 24.3 Å². The molecule has 1 aliphatic heterocycles. The predicted molar refractivity (Wildman–Crippen MR) is 124 cm³/mol. The van der Waals surface area contributed by atoms with Crippen LogP contribution < -0.4 is 16.2 Å². The number of nitrogens with one attached hydrogen (secondary N) is 4. The first-order valence-electron chi connectivity index (χ1n) is 10.4. The SMILES string of the molecule is Cc1ccc2[nH]c(=O)c(-c3nc4cc(Cl)ccc4[nH]3)c(NCC3CCCCN3)c2c1. The van der Waals surface area contributed by atoms with E-state index in [9.17, 15) is 4.79 Å². The van der Waals surface area contributed by atoms with Gasteiger partial charge in [-0.1, -0.05) is 29.7 Å². The Morgan fingerprint density at radius 2 is 2.00 bits per heavy atom. The molecule has 30 heavy (non-hydrogen) atoms. The highest BCUT2D eigenvalue weighted by Gasteiger charge is 2.20. The van der Waals surface area contributed by atoms with Crippen molar-refractivity contribution in [3.63, 3.8) is 0 Å². The van der Waals surface area contributed by atoms with Gasteiger partial charge in [-0.25, -0.2) is 4.98 Å². The zero-order chi connectivity index (χ0) is 20.7. The average Bonchev–Trinajstić information content (AvgIpc) is 3.15. The summed E-state index contributed by atoms with van der Waals surface area (Å²) in [6.07, 6.45) is 3.58. The number of hydrogen-bond donors (Lipinski definition) is 4. The molecule has 2 aromatic carbocycles. The van der Waals surface area contributed by atoms with Crippen LogP contribution in [0.4, 0.5) is 5.69 Å². The molecule has 1 fully saturated rings. The second-order valence-electron chi connectivity index (χ2n) is 8.03. The van der Waals surface area contributed by atoms with Crippen LogP contribution in [0.2, 0.25) is 5.02 Å². The zero-order valence-corrected chi connectivity index (χ0v) is 17.6. The number of imidazole rings is 1. The van der Waals surface area contributed by atoms with Gasteiger partial charge >= 0.3 is 0 Å². The first kappa shape index (κ1) is 19.2. The lowest BCUT2D eigenvalue weighted by Crippen LogP contribution is -2.39. The van der Waals surface area contributed by atoms with Gasteiger partial charge in [0.15, 0.2) is 0 Å². The molecule has 1 saturated heterocycles. The number of aromatic amines is 2. The van der Waals surface area contributed by atoms with E-state index in [0.717, 1.165) is 52.7 Å². The van der Waals surface area contributed by atoms with Crippen molar-refractivity contribution >= 4 is 39.2 Å². The number of piperidine rings is 1. The van der Waals surface area contributed by atoms with Crippen LogP contribution in [0, 0.1) is 6.92 Å². The Kier molecular flexibility index (Phi) is 4.97. The molecule has 154 valence electrons. The Hall–Kier alpha value is -2.83. The monoisotopic (exact) mass is 421 g/mol. The van der Waals surface area contributed by atoms with Crippen molar-refractivity contribution in [1.29, 1.82) is 0 Å². The van der Waals surface area contributed by atoms with Crippen molar-refractivity contribution in [3.05, 3.63) is 57.3 Å². The summed E-state index contributed by atoms with van der Waals surface area (Å²) < 4.78 is 0. The van der Waals surface area contributed by atoms with Crippen molar-refractivity contribution in [2.45, 2.75) is 32.2 Å². The molecule has 3 heterocycles. The summed E-state index contributed by atoms with van der Waals surface area (Å²) in [7, 11) is 0. The summed E-state index contributed by atoms with van der Waals surface area (Å²) in [5.41, 5.74) is 4.70. The van der Waals surface area contributed by atoms with Crippen LogP contribution in [0.1, 0.15) is 24.8 Å². The van der Waals surface area contributed by atoms with Crippen LogP contribution >= 0.6 is 11.6 Å². The molecule has 6 nitrogen and oxygen atoms in total. The second-order valence-corrected chi connectivity index (χ2v) is 8.46. The van der Waals surface area contributed by atoms with Gasteiger partial charge in [0.2, 0.25) is 0 Å². The molecule has 4 aromatic rings. The molecule has 0 spiro atoms. The van der Waals surface area contributed by atoms with Gasteiger partial charge in [0.25, 0.3) is 5.56 Å². The number of hydrogen-bond acceptors (Lipinski definition) is 4. The standard InChI is InChI=1S/C23H24ClN5O/c1-13-5-7-17-16(10-13)21(26-12-15-4-2-3-9-25-15)20(23(30)29-17)22-27-18-8-6-14(24)11-19(18)28-22/h5-8,10-11,15,25H,2-4,9,12H2,1H3,(H,27,28)(H2,26,29,30). The van der Waals surface area contributed by atoms with E-state index in [1.165, 1.54) is 12.8 Å². The maximum absolute atomic E-state index is 13.1. The average molecular weight is 422 g/mol. The minimum absolute atomic E-state index is 0.171. The Balaban J connectivity index is 1.66. The highest BCUT2D eigenvalue weighted by Crippen LogP contribution is 2.32. The Labute approximate surface area is 179 Å². The van der Waals surface area contributed by atoms with Gasteiger partial charge in [0, 0.05) is 23.0 Å². The van der Waals surface area contributed by atoms with Crippen LogP contribution in [-0.4, -0.2) is 34.1 Å². The number of benzene rings is 2. The van der Waals surface area contributed by atoms with E-state index in [4.69, 9.17) is 11.6 Å². The highest BCUT2D eigenvalue weighted by atomic mass is 35.5. The quantitative estimate of drug-likeness (QED) is 0.388. The third-order valence-corrected chi connectivity index (χ3v) is 6.02.